The summed E-state index contributed by atoms with van der Waals surface area (Å²) in [5, 5.41) is 3.12. The summed E-state index contributed by atoms with van der Waals surface area (Å²) in [4.78, 5) is 46.4. The Kier molecular flexibility index (Phi) is 12.6. The van der Waals surface area contributed by atoms with E-state index in [1.807, 2.05) is 31.7 Å². The monoisotopic (exact) mass is 518 g/mol. The fraction of sp³-hybridized carbons (Fsp3) is 0.833. The van der Waals surface area contributed by atoms with E-state index in [4.69, 9.17) is 0 Å². The second-order valence-corrected chi connectivity index (χ2v) is 12.2. The highest BCUT2D eigenvalue weighted by Crippen LogP contribution is 2.22. The number of hydrogen-bond acceptors (Lipinski definition) is 4. The lowest BCUT2D eigenvalue weighted by Gasteiger charge is -2.39. The van der Waals surface area contributed by atoms with E-state index in [-0.39, 0.29) is 47.7 Å². The van der Waals surface area contributed by atoms with Gasteiger partial charge in [0, 0.05) is 31.8 Å². The van der Waals surface area contributed by atoms with Gasteiger partial charge < -0.3 is 15.1 Å². The Hall–Kier alpha value is -1.89. The molecule has 0 saturated carbocycles. The number of hydrogen-bond donors (Lipinski definition) is 1. The lowest BCUT2D eigenvalue weighted by atomic mass is 9.95. The van der Waals surface area contributed by atoms with E-state index in [0.717, 1.165) is 51.7 Å². The minimum absolute atomic E-state index is 0.0458. The van der Waals surface area contributed by atoms with Crippen molar-refractivity contribution in [3.8, 4) is 0 Å². The second-order valence-electron chi connectivity index (χ2n) is 12.2. The van der Waals surface area contributed by atoms with Crippen molar-refractivity contribution in [2.75, 3.05) is 26.7 Å². The van der Waals surface area contributed by atoms with Crippen molar-refractivity contribution < 1.29 is 14.4 Å². The van der Waals surface area contributed by atoms with Gasteiger partial charge >= 0.3 is 0 Å². The van der Waals surface area contributed by atoms with E-state index in [2.05, 4.69) is 37.9 Å². The molecule has 3 atom stereocenters. The van der Waals surface area contributed by atoms with Crippen molar-refractivity contribution in [2.45, 2.75) is 124 Å². The van der Waals surface area contributed by atoms with E-state index >= 15 is 0 Å². The zero-order valence-electron chi connectivity index (χ0n) is 24.9. The second kappa shape index (κ2) is 14.9. The smallest absolute Gasteiger partial charge is 0.249 e. The predicted molar refractivity (Wildman–Crippen MR) is 151 cm³/mol. The predicted octanol–water partition coefficient (Wildman–Crippen LogP) is 4.61. The van der Waals surface area contributed by atoms with Crippen molar-refractivity contribution in [3.05, 3.63) is 11.6 Å². The van der Waals surface area contributed by atoms with Gasteiger partial charge in [0.15, 0.2) is 0 Å². The van der Waals surface area contributed by atoms with Gasteiger partial charge in [0.25, 0.3) is 0 Å². The molecule has 0 aliphatic carbocycles. The topological polar surface area (TPSA) is 73.0 Å². The summed E-state index contributed by atoms with van der Waals surface area (Å²) in [5.41, 5.74) is 0.693. The van der Waals surface area contributed by atoms with Crippen LogP contribution in [0, 0.1) is 11.8 Å². The summed E-state index contributed by atoms with van der Waals surface area (Å²) < 4.78 is 0. The molecule has 37 heavy (non-hydrogen) atoms. The maximum Gasteiger partial charge on any atom is 0.249 e. The number of rotatable bonds is 9. The summed E-state index contributed by atoms with van der Waals surface area (Å²) >= 11 is 0. The summed E-state index contributed by atoms with van der Waals surface area (Å²) in [6.45, 7) is 16.8. The lowest BCUT2D eigenvalue weighted by Crippen LogP contribution is -2.58. The van der Waals surface area contributed by atoms with Crippen molar-refractivity contribution in [1.29, 1.82) is 0 Å². The third-order valence-corrected chi connectivity index (χ3v) is 8.12. The van der Waals surface area contributed by atoms with Crippen LogP contribution in [0.25, 0.3) is 0 Å². The van der Waals surface area contributed by atoms with Crippen LogP contribution in [0.5, 0.6) is 0 Å². The highest BCUT2D eigenvalue weighted by molar-refractivity contribution is 5.93. The SMILES string of the molecule is C/C(=C\[C@H](C(C)C)N(C)C(=O)[C@@H](NC(=O)[C@H]1CCCCN1C(C)C)C(C)C)C(=O)N1CCCCCCC1. The van der Waals surface area contributed by atoms with Crippen molar-refractivity contribution in [3.63, 3.8) is 0 Å². The molecule has 2 aliphatic heterocycles. The first-order valence-corrected chi connectivity index (χ1v) is 14.8. The van der Waals surface area contributed by atoms with E-state index in [1.165, 1.54) is 19.3 Å². The van der Waals surface area contributed by atoms with Crippen LogP contribution < -0.4 is 5.32 Å². The van der Waals surface area contributed by atoms with E-state index in [9.17, 15) is 14.4 Å². The third-order valence-electron chi connectivity index (χ3n) is 8.12. The maximum atomic E-state index is 13.8. The van der Waals surface area contributed by atoms with Gasteiger partial charge in [-0.05, 0) is 64.8 Å². The van der Waals surface area contributed by atoms with Gasteiger partial charge in [0.2, 0.25) is 17.7 Å². The lowest BCUT2D eigenvalue weighted by molar-refractivity contribution is -0.140. The molecule has 2 fully saturated rings. The Morgan fingerprint density at radius 2 is 1.41 bits per heavy atom. The zero-order chi connectivity index (χ0) is 27.7. The van der Waals surface area contributed by atoms with Crippen LogP contribution in [-0.2, 0) is 14.4 Å². The Morgan fingerprint density at radius 1 is 0.838 bits per heavy atom. The van der Waals surface area contributed by atoms with Gasteiger partial charge in [-0.15, -0.1) is 0 Å². The van der Waals surface area contributed by atoms with Crippen molar-refractivity contribution >= 4 is 17.7 Å². The van der Waals surface area contributed by atoms with E-state index in [0.29, 0.717) is 5.57 Å². The molecular formula is C30H54N4O3. The van der Waals surface area contributed by atoms with Crippen LogP contribution >= 0.6 is 0 Å². The molecule has 2 aliphatic rings. The fourth-order valence-electron chi connectivity index (χ4n) is 5.76. The zero-order valence-corrected chi connectivity index (χ0v) is 24.9. The van der Waals surface area contributed by atoms with E-state index in [1.54, 1.807) is 11.9 Å². The molecule has 2 heterocycles. The molecule has 7 heteroatoms. The number of piperidine rings is 1. The largest absolute Gasteiger partial charge is 0.343 e. The van der Waals surface area contributed by atoms with Gasteiger partial charge in [0.1, 0.15) is 6.04 Å². The van der Waals surface area contributed by atoms with Crippen LogP contribution in [0.4, 0.5) is 0 Å². The maximum absolute atomic E-state index is 13.8. The first kappa shape index (κ1) is 31.3. The molecule has 0 aromatic carbocycles. The van der Waals surface area contributed by atoms with Gasteiger partial charge in [-0.3, -0.25) is 19.3 Å². The summed E-state index contributed by atoms with van der Waals surface area (Å²) in [6, 6.07) is -0.734. The van der Waals surface area contributed by atoms with Crippen LogP contribution in [0.2, 0.25) is 0 Å². The molecule has 212 valence electrons. The number of likely N-dealkylation sites (N-methyl/N-ethyl adjacent to an activating group) is 1. The molecule has 0 bridgehead atoms. The van der Waals surface area contributed by atoms with E-state index < -0.39 is 6.04 Å². The average molecular weight is 519 g/mol. The normalized spacial score (nSPS) is 22.0. The first-order chi connectivity index (χ1) is 17.5. The Morgan fingerprint density at radius 3 is 1.95 bits per heavy atom. The van der Waals surface area contributed by atoms with Crippen LogP contribution in [-0.4, -0.2) is 83.3 Å². The molecule has 0 unspecified atom stereocenters. The highest BCUT2D eigenvalue weighted by Gasteiger charge is 2.36. The molecule has 2 rings (SSSR count). The number of nitrogens with zero attached hydrogens (tertiary/aromatic N) is 3. The van der Waals surface area contributed by atoms with Crippen LogP contribution in [0.3, 0.4) is 0 Å². The summed E-state index contributed by atoms with van der Waals surface area (Å²) in [5.74, 6) is 0.0108. The van der Waals surface area contributed by atoms with Crippen LogP contribution in [0.1, 0.15) is 99.8 Å². The van der Waals surface area contributed by atoms with Crippen molar-refractivity contribution in [2.24, 2.45) is 11.8 Å². The summed E-state index contributed by atoms with van der Waals surface area (Å²) in [7, 11) is 1.81. The van der Waals surface area contributed by atoms with Gasteiger partial charge in [-0.1, -0.05) is 59.5 Å². The molecular weight excluding hydrogens is 464 g/mol. The minimum Gasteiger partial charge on any atom is -0.343 e. The van der Waals surface area contributed by atoms with Crippen molar-refractivity contribution in [1.82, 2.24) is 20.0 Å². The number of nitrogens with one attached hydrogen (secondary N) is 1. The number of carbonyl (C=O) groups is 3. The number of amides is 3. The standard InChI is InChI=1S/C30H54N4O3/c1-21(2)26(20-24(7)29(36)33-17-13-10-9-11-14-18-33)32(8)30(37)27(22(3)4)31-28(35)25-16-12-15-19-34(25)23(5)6/h20-23,25-27H,9-19H2,1-8H3,(H,31,35)/b24-20+/t25-,26-,27+/m1/s1. The molecule has 7 nitrogen and oxygen atoms in total. The molecule has 0 spiro atoms. The molecule has 0 radical (unpaired) electrons. The third kappa shape index (κ3) is 8.83. The fourth-order valence-corrected chi connectivity index (χ4v) is 5.76. The molecule has 0 aromatic heterocycles. The number of carbonyl (C=O) groups excluding carboxylic acids is 3. The highest BCUT2D eigenvalue weighted by atomic mass is 16.2. The quantitative estimate of drug-likeness (QED) is 0.453. The number of likely N-dealkylation sites (tertiary alicyclic amines) is 2. The first-order valence-electron chi connectivity index (χ1n) is 14.8. The molecule has 2 saturated heterocycles. The van der Waals surface area contributed by atoms with Gasteiger partial charge in [0.05, 0.1) is 12.1 Å². The molecule has 3 amide bonds. The Bertz CT molecular complexity index is 784. The summed E-state index contributed by atoms with van der Waals surface area (Å²) in [6.07, 6.45) is 10.6. The molecule has 1 N–H and O–H groups in total. The van der Waals surface area contributed by atoms with Crippen LogP contribution in [0.15, 0.2) is 11.6 Å². The minimum atomic E-state index is -0.603. The van der Waals surface area contributed by atoms with Gasteiger partial charge in [-0.25, -0.2) is 0 Å². The Balaban J connectivity index is 2.17. The average Bonchev–Trinajstić information content (AvgIpc) is 2.83. The van der Waals surface area contributed by atoms with Gasteiger partial charge in [-0.2, -0.15) is 0 Å². The molecule has 0 aromatic rings. The Labute approximate surface area is 226 Å².